The van der Waals surface area contributed by atoms with Gasteiger partial charge in [-0.2, -0.15) is 0 Å². The quantitative estimate of drug-likeness (QED) is 0.525. The van der Waals surface area contributed by atoms with Gasteiger partial charge in [0.15, 0.2) is 17.4 Å². The number of para-hydroxylation sites is 1. The molecule has 0 aliphatic carbocycles. The summed E-state index contributed by atoms with van der Waals surface area (Å²) in [5, 5.41) is 6.13. The van der Waals surface area contributed by atoms with Crippen LogP contribution in [0.15, 0.2) is 64.8 Å². The molecule has 1 aliphatic rings. The molecule has 2 aromatic carbocycles. The number of aliphatic imine (C=N–C) groups is 2. The van der Waals surface area contributed by atoms with Gasteiger partial charge in [-0.15, -0.1) is 0 Å². The Morgan fingerprint density at radius 3 is 2.83 bits per heavy atom. The lowest BCUT2D eigenvalue weighted by Gasteiger charge is -2.14. The van der Waals surface area contributed by atoms with Crippen molar-refractivity contribution in [3.8, 4) is 5.75 Å². The van der Waals surface area contributed by atoms with Gasteiger partial charge >= 0.3 is 0 Å². The Kier molecular flexibility index (Phi) is 4.13. The van der Waals surface area contributed by atoms with Crippen LogP contribution in [0.3, 0.4) is 0 Å². The van der Waals surface area contributed by atoms with E-state index in [0.717, 1.165) is 27.2 Å². The fourth-order valence-electron chi connectivity index (χ4n) is 3.47. The number of halogens is 1. The molecule has 1 N–H and O–H groups in total. The molecule has 0 saturated heterocycles. The minimum atomic E-state index is -0.419. The highest BCUT2D eigenvalue weighted by molar-refractivity contribution is 6.18. The predicted molar refractivity (Wildman–Crippen MR) is 113 cm³/mol. The van der Waals surface area contributed by atoms with Crippen molar-refractivity contribution in [1.29, 1.82) is 0 Å². The fraction of sp³-hybridized carbons (Fsp3) is 0.0909. The minimum absolute atomic E-state index is 0.164. The summed E-state index contributed by atoms with van der Waals surface area (Å²) in [6.45, 7) is 0.571. The van der Waals surface area contributed by atoms with Crippen molar-refractivity contribution in [3.05, 3.63) is 66.2 Å². The van der Waals surface area contributed by atoms with Gasteiger partial charge in [0.25, 0.3) is 0 Å². The van der Waals surface area contributed by atoms with Gasteiger partial charge in [-0.05, 0) is 24.3 Å². The van der Waals surface area contributed by atoms with E-state index < -0.39 is 5.82 Å². The maximum Gasteiger partial charge on any atom is 0.165 e. The highest BCUT2D eigenvalue weighted by atomic mass is 19.1. The van der Waals surface area contributed by atoms with Crippen LogP contribution in [0.4, 0.5) is 15.9 Å². The third kappa shape index (κ3) is 2.97. The summed E-state index contributed by atoms with van der Waals surface area (Å²) in [5.74, 6) is 1.05. The molecule has 0 unspecified atom stereocenters. The zero-order valence-corrected chi connectivity index (χ0v) is 15.6. The number of nitrogens with zero attached hydrogens (tertiary/aromatic N) is 4. The Labute approximate surface area is 165 Å². The largest absolute Gasteiger partial charge is 0.494 e. The van der Waals surface area contributed by atoms with E-state index in [0.29, 0.717) is 23.9 Å². The average molecular weight is 385 g/mol. The third-order valence-corrected chi connectivity index (χ3v) is 4.82. The summed E-state index contributed by atoms with van der Waals surface area (Å²) in [7, 11) is 1.44. The second-order valence-electron chi connectivity index (χ2n) is 6.53. The van der Waals surface area contributed by atoms with Crippen LogP contribution in [0.5, 0.6) is 5.75 Å². The van der Waals surface area contributed by atoms with E-state index in [-0.39, 0.29) is 5.75 Å². The SMILES string of the molecule is COc1cc(Nc2nc3c(C4=NCC=N4)cccc3c3cnccc23)ccc1F. The van der Waals surface area contributed by atoms with E-state index in [4.69, 9.17) is 9.72 Å². The lowest BCUT2D eigenvalue weighted by molar-refractivity contribution is 0.387. The summed E-state index contributed by atoms with van der Waals surface area (Å²) in [4.78, 5) is 18.0. The van der Waals surface area contributed by atoms with Crippen LogP contribution in [-0.4, -0.2) is 35.7 Å². The maximum absolute atomic E-state index is 13.8. The van der Waals surface area contributed by atoms with E-state index in [1.54, 1.807) is 24.5 Å². The van der Waals surface area contributed by atoms with Gasteiger partial charge in [0.2, 0.25) is 0 Å². The molecule has 1 aliphatic heterocycles. The number of aromatic nitrogens is 2. The third-order valence-electron chi connectivity index (χ3n) is 4.82. The van der Waals surface area contributed by atoms with Crippen molar-refractivity contribution in [3.63, 3.8) is 0 Å². The molecule has 0 fully saturated rings. The highest BCUT2D eigenvalue weighted by Gasteiger charge is 2.16. The lowest BCUT2D eigenvalue weighted by atomic mass is 10.0. The number of amidine groups is 1. The molecule has 7 heteroatoms. The number of hydrogen-bond acceptors (Lipinski definition) is 6. The predicted octanol–water partition coefficient (Wildman–Crippen LogP) is 4.51. The van der Waals surface area contributed by atoms with Gasteiger partial charge in [0.05, 0.1) is 19.2 Å². The first-order valence-electron chi connectivity index (χ1n) is 9.09. The number of pyridine rings is 2. The second kappa shape index (κ2) is 6.94. The Hall–Kier alpha value is -3.87. The van der Waals surface area contributed by atoms with Crippen LogP contribution in [0.25, 0.3) is 21.7 Å². The number of methoxy groups -OCH3 is 1. The first kappa shape index (κ1) is 17.2. The fourth-order valence-corrected chi connectivity index (χ4v) is 3.47. The van der Waals surface area contributed by atoms with Crippen molar-refractivity contribution in [2.45, 2.75) is 0 Å². The first-order chi connectivity index (χ1) is 14.2. The van der Waals surface area contributed by atoms with Crippen LogP contribution in [0.1, 0.15) is 5.56 Å². The summed E-state index contributed by atoms with van der Waals surface area (Å²) >= 11 is 0. The Balaban J connectivity index is 1.73. The molecule has 0 amide bonds. The zero-order valence-electron chi connectivity index (χ0n) is 15.6. The number of rotatable bonds is 4. The Morgan fingerprint density at radius 2 is 2.00 bits per heavy atom. The average Bonchev–Trinajstić information content (AvgIpc) is 3.29. The first-order valence-corrected chi connectivity index (χ1v) is 9.09. The topological polar surface area (TPSA) is 71.8 Å². The van der Waals surface area contributed by atoms with Gasteiger partial charge in [-0.1, -0.05) is 12.1 Å². The van der Waals surface area contributed by atoms with E-state index in [9.17, 15) is 4.39 Å². The molecule has 0 spiro atoms. The number of fused-ring (bicyclic) bond motifs is 3. The van der Waals surface area contributed by atoms with E-state index in [1.807, 2.05) is 30.5 Å². The highest BCUT2D eigenvalue weighted by Crippen LogP contribution is 2.33. The van der Waals surface area contributed by atoms with Crippen LogP contribution in [0.2, 0.25) is 0 Å². The van der Waals surface area contributed by atoms with E-state index in [1.165, 1.54) is 13.2 Å². The van der Waals surface area contributed by atoms with Crippen molar-refractivity contribution in [2.24, 2.45) is 9.98 Å². The van der Waals surface area contributed by atoms with Crippen LogP contribution in [0, 0.1) is 5.82 Å². The van der Waals surface area contributed by atoms with Crippen LogP contribution in [-0.2, 0) is 0 Å². The Morgan fingerprint density at radius 1 is 1.07 bits per heavy atom. The van der Waals surface area contributed by atoms with Gasteiger partial charge in [-0.25, -0.2) is 14.4 Å². The Bertz CT molecular complexity index is 1320. The van der Waals surface area contributed by atoms with Gasteiger partial charge in [-0.3, -0.25) is 9.98 Å². The summed E-state index contributed by atoms with van der Waals surface area (Å²) in [6.07, 6.45) is 5.32. The number of anilines is 2. The van der Waals surface area contributed by atoms with Gasteiger partial charge in [0.1, 0.15) is 5.82 Å². The van der Waals surface area contributed by atoms with Crippen LogP contribution >= 0.6 is 0 Å². The maximum atomic E-state index is 13.8. The number of hydrogen-bond donors (Lipinski definition) is 1. The molecular formula is C22H16FN5O. The monoisotopic (exact) mass is 385 g/mol. The number of nitrogens with one attached hydrogen (secondary N) is 1. The molecular weight excluding hydrogens is 369 g/mol. The molecule has 142 valence electrons. The molecule has 2 aromatic heterocycles. The van der Waals surface area contributed by atoms with Crippen LogP contribution < -0.4 is 10.1 Å². The zero-order chi connectivity index (χ0) is 19.8. The van der Waals surface area contributed by atoms with Gasteiger partial charge < -0.3 is 10.1 Å². The molecule has 0 atom stereocenters. The summed E-state index contributed by atoms with van der Waals surface area (Å²) in [6, 6.07) is 12.5. The molecule has 0 radical (unpaired) electrons. The molecule has 29 heavy (non-hydrogen) atoms. The summed E-state index contributed by atoms with van der Waals surface area (Å²) < 4.78 is 18.9. The molecule has 0 saturated carbocycles. The van der Waals surface area contributed by atoms with Crippen molar-refractivity contribution in [1.82, 2.24) is 9.97 Å². The normalized spacial score (nSPS) is 13.1. The van der Waals surface area contributed by atoms with E-state index in [2.05, 4.69) is 20.3 Å². The molecule has 3 heterocycles. The molecule has 0 bridgehead atoms. The number of ether oxygens (including phenoxy) is 1. The molecule has 5 rings (SSSR count). The van der Waals surface area contributed by atoms with Crippen molar-refractivity contribution < 1.29 is 9.13 Å². The summed E-state index contributed by atoms with van der Waals surface area (Å²) in [5.41, 5.74) is 2.31. The second-order valence-corrected chi connectivity index (χ2v) is 6.53. The van der Waals surface area contributed by atoms with Crippen molar-refractivity contribution in [2.75, 3.05) is 19.0 Å². The standard InChI is InChI=1S/C22H16FN5O/c1-29-19-11-13(5-6-18(19)23)27-22-15-7-8-24-12-17(15)14-3-2-4-16(20(14)28-22)21-25-9-10-26-21/h2-9,11-12H,10H2,1H3,(H,27,28). The number of benzene rings is 2. The lowest BCUT2D eigenvalue weighted by Crippen LogP contribution is -2.02. The molecule has 4 aromatic rings. The smallest absolute Gasteiger partial charge is 0.165 e. The minimum Gasteiger partial charge on any atom is -0.494 e. The van der Waals surface area contributed by atoms with Gasteiger partial charge in [0, 0.05) is 52.1 Å². The molecule has 6 nitrogen and oxygen atoms in total. The van der Waals surface area contributed by atoms with E-state index >= 15 is 0 Å². The van der Waals surface area contributed by atoms with Crippen molar-refractivity contribution >= 4 is 45.2 Å².